The molecule has 1 N–H and O–H groups in total. The molecule has 128 heavy (non-hydrogen) atoms. The van der Waals surface area contributed by atoms with Gasteiger partial charge < -0.3 is 32.2 Å². The van der Waals surface area contributed by atoms with Gasteiger partial charge in [0.25, 0.3) is 0 Å². The Morgan fingerprint density at radius 1 is 0.188 bits per heavy atom. The number of quaternary nitrogens is 3. The van der Waals surface area contributed by atoms with Gasteiger partial charge in [-0.05, 0) is 172 Å². The minimum atomic E-state index is -5.25. The lowest BCUT2D eigenvalue weighted by Crippen LogP contribution is -2.50. The molecule has 0 fully saturated rings. The second kappa shape index (κ2) is 80.4. The molecule has 752 valence electrons. The minimum absolute atomic E-state index is 0.0415. The molecule has 0 radical (unpaired) electrons. The zero-order valence-electron chi connectivity index (χ0n) is 86.5. The van der Waals surface area contributed by atoms with E-state index in [1.54, 1.807) is 0 Å². The number of nitrogens with zero attached hydrogens (tertiary/aromatic N) is 3. The fourth-order valence-corrected chi connectivity index (χ4v) is 22.4. The minimum Gasteiger partial charge on any atom is -0.744 e. The molecular weight excluding hydrogens is 1640 g/mol. The molecular formula is C112H211N3O10S3. The fraction of sp³-hybridized carbons (Fsp3) is 0.857. The van der Waals surface area contributed by atoms with Crippen LogP contribution in [0.1, 0.15) is 545 Å². The van der Waals surface area contributed by atoms with Gasteiger partial charge in [0.1, 0.15) is 36.1 Å². The highest BCUT2D eigenvalue weighted by Gasteiger charge is 2.30. The maximum Gasteiger partial charge on any atom is 0.125 e. The molecule has 0 heterocycles. The molecule has 0 aliphatic heterocycles. The van der Waals surface area contributed by atoms with Crippen molar-refractivity contribution in [1.82, 2.24) is 0 Å². The third-order valence-electron chi connectivity index (χ3n) is 28.4. The molecule has 0 amide bonds. The van der Waals surface area contributed by atoms with Crippen LogP contribution in [0.15, 0.2) is 51.1 Å². The Morgan fingerprint density at radius 2 is 0.305 bits per heavy atom. The summed E-state index contributed by atoms with van der Waals surface area (Å²) in [4.78, 5) is -2.86. The van der Waals surface area contributed by atoms with Gasteiger partial charge >= 0.3 is 0 Å². The van der Waals surface area contributed by atoms with Crippen molar-refractivity contribution in [1.29, 1.82) is 0 Å². The second-order valence-electron chi connectivity index (χ2n) is 40.1. The molecule has 0 aliphatic carbocycles. The first-order chi connectivity index (χ1) is 61.9. The highest BCUT2D eigenvalue weighted by Crippen LogP contribution is 2.45. The number of aromatic hydroxyl groups is 1. The number of unbranched alkanes of at least 4 members (excludes halogenated alkanes) is 60. The quantitative estimate of drug-likeness (QED) is 0.0192. The van der Waals surface area contributed by atoms with E-state index in [1.807, 2.05) is 0 Å². The Hall–Kier alpha value is -2.67. The number of hydrogen-bond acceptors (Lipinski definition) is 10. The van der Waals surface area contributed by atoms with E-state index in [1.165, 1.54) is 560 Å². The molecule has 0 saturated carbocycles. The van der Waals surface area contributed by atoms with E-state index in [2.05, 4.69) is 83.1 Å². The van der Waals surface area contributed by atoms with Crippen molar-refractivity contribution in [2.45, 2.75) is 560 Å². The zero-order valence-corrected chi connectivity index (χ0v) is 89.0. The van der Waals surface area contributed by atoms with Gasteiger partial charge in [-0.25, -0.2) is 25.3 Å². The van der Waals surface area contributed by atoms with Gasteiger partial charge in [0.2, 0.25) is 0 Å². The summed E-state index contributed by atoms with van der Waals surface area (Å²) in [6.45, 7) is 45.8. The van der Waals surface area contributed by atoms with E-state index in [4.69, 9.17) is 0 Å². The van der Waals surface area contributed by atoms with Crippen LogP contribution in [0, 0.1) is 0 Å². The normalized spacial score (nSPS) is 12.4. The predicted octanol–water partition coefficient (Wildman–Crippen LogP) is 34.7. The van der Waals surface area contributed by atoms with Crippen LogP contribution in [0.25, 0.3) is 32.3 Å². The molecule has 0 spiro atoms. The average molecular weight is 1860 g/mol. The summed E-state index contributed by atoms with van der Waals surface area (Å²) in [7, 11) is -15.6. The fourth-order valence-electron chi connectivity index (χ4n) is 20.2. The van der Waals surface area contributed by atoms with Crippen LogP contribution in [-0.4, -0.2) is 136 Å². The Morgan fingerprint density at radius 3 is 0.445 bits per heavy atom. The molecule has 0 unspecified atom stereocenters. The first kappa shape index (κ1) is 123. The lowest BCUT2D eigenvalue weighted by molar-refractivity contribution is -0.929. The first-order valence-electron chi connectivity index (χ1n) is 55.8. The van der Waals surface area contributed by atoms with Crippen molar-refractivity contribution in [3.05, 3.63) is 36.4 Å². The topological polar surface area (TPSA) is 192 Å². The van der Waals surface area contributed by atoms with Crippen LogP contribution in [0.3, 0.4) is 0 Å². The SMILES string of the molecule is CCCCCCCC[N+](CCCCCCCC)(CCCCCCCC)CCCCCCCC.CCCCCCCC[N+](CCCCCCCC)(CCCCCCCC)CCCCCCCC.CCCCCCCC[N+](CCCCCCCC)(CCCCCCCC)CCCCCCCC.O=S(=O)([O-])c1cc(O)c2ccc3c(S(=O)(=O)[O-])cc(S(=O)(=O)[O-])c4ccc1c2c34. The molecule has 4 aromatic carbocycles. The largest absolute Gasteiger partial charge is 0.744 e. The highest BCUT2D eigenvalue weighted by atomic mass is 32.2. The van der Waals surface area contributed by atoms with Crippen LogP contribution in [0.5, 0.6) is 5.75 Å². The smallest absolute Gasteiger partial charge is 0.125 e. The molecule has 16 heteroatoms. The number of benzene rings is 4. The highest BCUT2D eigenvalue weighted by molar-refractivity contribution is 7.87. The van der Waals surface area contributed by atoms with E-state index < -0.39 is 50.8 Å². The maximum absolute atomic E-state index is 11.7. The third-order valence-corrected chi connectivity index (χ3v) is 31.0. The van der Waals surface area contributed by atoms with Gasteiger partial charge in [0, 0.05) is 32.3 Å². The molecule has 0 bridgehead atoms. The molecule has 4 aromatic rings. The summed E-state index contributed by atoms with van der Waals surface area (Å²) in [5.74, 6) is -0.650. The molecule has 0 atom stereocenters. The summed E-state index contributed by atoms with van der Waals surface area (Å²) in [5.41, 5.74) is 0. The van der Waals surface area contributed by atoms with Crippen LogP contribution < -0.4 is 0 Å². The Kier molecular flexibility index (Phi) is 77.5. The lowest BCUT2D eigenvalue weighted by atomic mass is 9.94. The summed E-state index contributed by atoms with van der Waals surface area (Å²) in [6, 6.07) is 5.54. The van der Waals surface area contributed by atoms with Gasteiger partial charge in [-0.15, -0.1) is 0 Å². The van der Waals surface area contributed by atoms with E-state index in [9.17, 15) is 44.0 Å². The number of phenolic OH excluding ortho intramolecular Hbond substituents is 1. The van der Waals surface area contributed by atoms with Crippen LogP contribution >= 0.6 is 0 Å². The van der Waals surface area contributed by atoms with Crippen LogP contribution in [0.2, 0.25) is 0 Å². The average Bonchev–Trinajstić information content (AvgIpc) is 0.707. The van der Waals surface area contributed by atoms with Crippen molar-refractivity contribution in [3.63, 3.8) is 0 Å². The van der Waals surface area contributed by atoms with Gasteiger partial charge in [0.05, 0.1) is 93.2 Å². The van der Waals surface area contributed by atoms with E-state index in [-0.39, 0.29) is 32.3 Å². The van der Waals surface area contributed by atoms with Crippen molar-refractivity contribution in [2.24, 2.45) is 0 Å². The predicted molar refractivity (Wildman–Crippen MR) is 555 cm³/mol. The third kappa shape index (κ3) is 58.7. The van der Waals surface area contributed by atoms with Crippen LogP contribution in [0.4, 0.5) is 0 Å². The lowest BCUT2D eigenvalue weighted by Gasteiger charge is -2.40. The summed E-state index contributed by atoms with van der Waals surface area (Å²) in [5, 5.41) is 8.89. The molecule has 0 saturated heterocycles. The standard InChI is InChI=1S/3C32H68N.C16H10O10S3/c3*1-5-9-13-17-21-25-29-33(30-26-22-18-14-10-6-2,31-27-23-19-15-11-7-3)32-28-24-20-16-12-8-4;17-11-5-12(27(18,19)20)8-3-4-10-14(29(24,25)26)6-13(28(21,22)23)9-2-1-7(11)15(8)16(9)10/h3*5-32H2,1-4H3;1-6,17H,(H,18,19,20)(H,21,22,23)(H,24,25,26)/q3*+1;/p-3. The Balaban J connectivity index is 0.000000854. The molecule has 0 aromatic heterocycles. The van der Waals surface area contributed by atoms with Crippen LogP contribution in [-0.2, 0) is 30.4 Å². The van der Waals surface area contributed by atoms with Crippen molar-refractivity contribution < 1.29 is 57.5 Å². The number of hydrogen-bond donors (Lipinski definition) is 1. The van der Waals surface area contributed by atoms with Crippen molar-refractivity contribution in [3.8, 4) is 5.75 Å². The summed E-state index contributed by atoms with van der Waals surface area (Å²) in [6.07, 6.45) is 104. The number of phenols is 1. The Bertz CT molecular complexity index is 3110. The van der Waals surface area contributed by atoms with E-state index >= 15 is 0 Å². The molecule has 4 rings (SSSR count). The summed E-state index contributed by atoms with van der Waals surface area (Å²) < 4.78 is 110. The van der Waals surface area contributed by atoms with Crippen molar-refractivity contribution >= 4 is 62.7 Å². The second-order valence-corrected chi connectivity index (χ2v) is 44.2. The van der Waals surface area contributed by atoms with E-state index in [0.29, 0.717) is 12.1 Å². The van der Waals surface area contributed by atoms with Gasteiger partial charge in [-0.3, -0.25) is 0 Å². The van der Waals surface area contributed by atoms with Gasteiger partial charge in [0.15, 0.2) is 0 Å². The zero-order chi connectivity index (χ0) is 94.4. The van der Waals surface area contributed by atoms with E-state index in [0.717, 1.165) is 18.2 Å². The molecule has 0 aliphatic rings. The van der Waals surface area contributed by atoms with Crippen molar-refractivity contribution in [2.75, 3.05) is 78.5 Å². The molecule has 13 nitrogen and oxygen atoms in total. The maximum atomic E-state index is 11.7. The van der Waals surface area contributed by atoms with Gasteiger partial charge in [-0.1, -0.05) is 409 Å². The monoisotopic (exact) mass is 1850 g/mol. The van der Waals surface area contributed by atoms with Gasteiger partial charge in [-0.2, -0.15) is 0 Å². The summed E-state index contributed by atoms with van der Waals surface area (Å²) >= 11 is 0. The first-order valence-corrected chi connectivity index (χ1v) is 60.1. The number of rotatable bonds is 87. The Labute approximate surface area is 795 Å².